The minimum Gasteiger partial charge on any atom is -0.461 e. The molecule has 1 aliphatic rings. The van der Waals surface area contributed by atoms with Gasteiger partial charge in [-0.1, -0.05) is 6.08 Å². The molecule has 1 heterocycles. The molecule has 0 radical (unpaired) electrons. The van der Waals surface area contributed by atoms with E-state index in [-0.39, 0.29) is 12.5 Å². The lowest BCUT2D eigenvalue weighted by molar-refractivity contribution is -0.142. The lowest BCUT2D eigenvalue weighted by Gasteiger charge is -2.28. The summed E-state index contributed by atoms with van der Waals surface area (Å²) in [6, 6.07) is 6.81. The van der Waals surface area contributed by atoms with E-state index in [1.807, 2.05) is 0 Å². The summed E-state index contributed by atoms with van der Waals surface area (Å²) in [6.07, 6.45) is 0.923. The molecule has 108 valence electrons. The van der Waals surface area contributed by atoms with Gasteiger partial charge in [0.25, 0.3) is 0 Å². The maximum absolute atomic E-state index is 10.9. The van der Waals surface area contributed by atoms with E-state index in [1.165, 1.54) is 13.0 Å². The monoisotopic (exact) mass is 279 g/mol. The summed E-state index contributed by atoms with van der Waals surface area (Å²) in [6.45, 7) is 1.15. The SMILES string of the molecule is CC(=O)Nc1ccc(OC2C=CC(O)C(CO)O2)cc1. The predicted molar refractivity (Wildman–Crippen MR) is 72.3 cm³/mol. The maximum Gasteiger partial charge on any atom is 0.221 e. The molecular weight excluding hydrogens is 262 g/mol. The first-order valence-corrected chi connectivity index (χ1v) is 6.25. The van der Waals surface area contributed by atoms with Crippen molar-refractivity contribution in [3.63, 3.8) is 0 Å². The number of aliphatic hydroxyl groups excluding tert-OH is 2. The lowest BCUT2D eigenvalue weighted by Crippen LogP contribution is -2.39. The molecule has 3 unspecified atom stereocenters. The molecule has 3 N–H and O–H groups in total. The average Bonchev–Trinajstić information content (AvgIpc) is 2.42. The number of hydrogen-bond donors (Lipinski definition) is 3. The number of hydrogen-bond acceptors (Lipinski definition) is 5. The molecule has 0 aliphatic carbocycles. The number of rotatable bonds is 4. The molecule has 6 heteroatoms. The molecule has 1 aromatic rings. The van der Waals surface area contributed by atoms with Gasteiger partial charge in [-0.3, -0.25) is 4.79 Å². The first-order chi connectivity index (χ1) is 9.58. The van der Waals surface area contributed by atoms with Crippen molar-refractivity contribution in [2.45, 2.75) is 25.4 Å². The van der Waals surface area contributed by atoms with E-state index in [2.05, 4.69) is 5.32 Å². The number of nitrogens with one attached hydrogen (secondary N) is 1. The molecular formula is C14H17NO5. The van der Waals surface area contributed by atoms with Gasteiger partial charge in [-0.15, -0.1) is 0 Å². The zero-order valence-electron chi connectivity index (χ0n) is 11.0. The highest BCUT2D eigenvalue weighted by Gasteiger charge is 2.25. The van der Waals surface area contributed by atoms with Gasteiger partial charge >= 0.3 is 0 Å². The first-order valence-electron chi connectivity index (χ1n) is 6.25. The molecule has 0 fully saturated rings. The van der Waals surface area contributed by atoms with Crippen LogP contribution in [0.15, 0.2) is 36.4 Å². The molecule has 20 heavy (non-hydrogen) atoms. The quantitative estimate of drug-likeness (QED) is 0.705. The largest absolute Gasteiger partial charge is 0.461 e. The number of benzene rings is 1. The Hall–Kier alpha value is -1.89. The summed E-state index contributed by atoms with van der Waals surface area (Å²) in [5.41, 5.74) is 0.675. The summed E-state index contributed by atoms with van der Waals surface area (Å²) >= 11 is 0. The number of anilines is 1. The Morgan fingerprint density at radius 1 is 1.35 bits per heavy atom. The van der Waals surface area contributed by atoms with Crippen LogP contribution in [0.2, 0.25) is 0 Å². The second-order valence-corrected chi connectivity index (χ2v) is 4.42. The Labute approximate surface area is 116 Å². The maximum atomic E-state index is 10.9. The molecule has 1 aliphatic heterocycles. The van der Waals surface area contributed by atoms with Crippen molar-refractivity contribution in [3.8, 4) is 5.75 Å². The molecule has 6 nitrogen and oxygen atoms in total. The number of carbonyl (C=O) groups excluding carboxylic acids is 1. The fourth-order valence-electron chi connectivity index (χ4n) is 1.80. The Morgan fingerprint density at radius 2 is 2.05 bits per heavy atom. The van der Waals surface area contributed by atoms with Gasteiger partial charge in [-0.2, -0.15) is 0 Å². The van der Waals surface area contributed by atoms with E-state index >= 15 is 0 Å². The van der Waals surface area contributed by atoms with Crippen molar-refractivity contribution in [2.75, 3.05) is 11.9 Å². The Morgan fingerprint density at radius 3 is 2.65 bits per heavy atom. The molecule has 0 aromatic heterocycles. The van der Waals surface area contributed by atoms with Crippen LogP contribution in [0.1, 0.15) is 6.92 Å². The van der Waals surface area contributed by atoms with Crippen molar-refractivity contribution in [3.05, 3.63) is 36.4 Å². The highest BCUT2D eigenvalue weighted by atomic mass is 16.7. The van der Waals surface area contributed by atoms with Crippen molar-refractivity contribution in [1.29, 1.82) is 0 Å². The van der Waals surface area contributed by atoms with Crippen LogP contribution in [0.3, 0.4) is 0 Å². The van der Waals surface area contributed by atoms with Gasteiger partial charge in [0.05, 0.1) is 6.61 Å². The first kappa shape index (κ1) is 14.5. The van der Waals surface area contributed by atoms with E-state index in [4.69, 9.17) is 14.6 Å². The molecule has 3 atom stereocenters. The van der Waals surface area contributed by atoms with Gasteiger partial charge in [-0.25, -0.2) is 0 Å². The normalized spacial score (nSPS) is 25.2. The van der Waals surface area contributed by atoms with E-state index in [1.54, 1.807) is 30.3 Å². The van der Waals surface area contributed by atoms with Gasteiger partial charge < -0.3 is 25.0 Å². The van der Waals surface area contributed by atoms with Crippen LogP contribution >= 0.6 is 0 Å². The number of amides is 1. The Balaban J connectivity index is 1.96. The van der Waals surface area contributed by atoms with Crippen LogP contribution in [0.5, 0.6) is 5.75 Å². The third kappa shape index (κ3) is 3.80. The van der Waals surface area contributed by atoms with Gasteiger partial charge in [-0.05, 0) is 30.3 Å². The lowest BCUT2D eigenvalue weighted by atomic mass is 10.1. The predicted octanol–water partition coefficient (Wildman–Crippen LogP) is 0.658. The van der Waals surface area contributed by atoms with E-state index < -0.39 is 18.5 Å². The van der Waals surface area contributed by atoms with Crippen LogP contribution in [-0.4, -0.2) is 41.2 Å². The summed E-state index contributed by atoms with van der Waals surface area (Å²) < 4.78 is 10.9. The molecule has 0 saturated heterocycles. The van der Waals surface area contributed by atoms with Crippen LogP contribution in [0, 0.1) is 0 Å². The zero-order valence-corrected chi connectivity index (χ0v) is 11.0. The zero-order chi connectivity index (χ0) is 14.5. The summed E-state index contributed by atoms with van der Waals surface area (Å²) in [4.78, 5) is 10.9. The molecule has 1 amide bonds. The Bertz CT molecular complexity index is 485. The van der Waals surface area contributed by atoms with E-state index in [9.17, 15) is 9.90 Å². The van der Waals surface area contributed by atoms with Crippen molar-refractivity contribution in [2.24, 2.45) is 0 Å². The van der Waals surface area contributed by atoms with Gasteiger partial charge in [0, 0.05) is 12.6 Å². The number of aliphatic hydroxyl groups is 2. The van der Waals surface area contributed by atoms with Crippen LogP contribution < -0.4 is 10.1 Å². The summed E-state index contributed by atoms with van der Waals surface area (Å²) in [5.74, 6) is 0.416. The van der Waals surface area contributed by atoms with E-state index in [0.717, 1.165) is 0 Å². The Kier molecular flexibility index (Phi) is 4.73. The summed E-state index contributed by atoms with van der Waals surface area (Å²) in [5, 5.41) is 21.2. The van der Waals surface area contributed by atoms with Gasteiger partial charge in [0.15, 0.2) is 0 Å². The smallest absolute Gasteiger partial charge is 0.221 e. The third-order valence-corrected chi connectivity index (χ3v) is 2.76. The van der Waals surface area contributed by atoms with Crippen LogP contribution in [0.25, 0.3) is 0 Å². The topological polar surface area (TPSA) is 88.0 Å². The van der Waals surface area contributed by atoms with Crippen LogP contribution in [-0.2, 0) is 9.53 Å². The second-order valence-electron chi connectivity index (χ2n) is 4.42. The van der Waals surface area contributed by atoms with Gasteiger partial charge in [0.1, 0.15) is 18.0 Å². The fourth-order valence-corrected chi connectivity index (χ4v) is 1.80. The van der Waals surface area contributed by atoms with Crippen LogP contribution in [0.4, 0.5) is 5.69 Å². The van der Waals surface area contributed by atoms with Crippen molar-refractivity contribution < 1.29 is 24.5 Å². The van der Waals surface area contributed by atoms with Crippen molar-refractivity contribution >= 4 is 11.6 Å². The molecule has 1 aromatic carbocycles. The number of ether oxygens (including phenoxy) is 2. The minimum absolute atomic E-state index is 0.142. The third-order valence-electron chi connectivity index (χ3n) is 2.76. The average molecular weight is 279 g/mol. The second kappa shape index (κ2) is 6.51. The number of carbonyl (C=O) groups is 1. The molecule has 0 bridgehead atoms. The molecule has 0 saturated carbocycles. The molecule has 2 rings (SSSR count). The summed E-state index contributed by atoms with van der Waals surface area (Å²) in [7, 11) is 0. The van der Waals surface area contributed by atoms with E-state index in [0.29, 0.717) is 11.4 Å². The minimum atomic E-state index is -0.831. The highest BCUT2D eigenvalue weighted by molar-refractivity contribution is 5.88. The highest BCUT2D eigenvalue weighted by Crippen LogP contribution is 2.20. The fraction of sp³-hybridized carbons (Fsp3) is 0.357. The van der Waals surface area contributed by atoms with Gasteiger partial charge in [0.2, 0.25) is 12.2 Å². The van der Waals surface area contributed by atoms with Crippen molar-refractivity contribution in [1.82, 2.24) is 0 Å². The molecule has 0 spiro atoms. The standard InChI is InChI=1S/C14H17NO5/c1-9(17)15-10-2-4-11(5-3-10)19-14-7-6-12(18)13(8-16)20-14/h2-7,12-14,16,18H,8H2,1H3,(H,15,17).